The van der Waals surface area contributed by atoms with Crippen LogP contribution in [0, 0.1) is 6.92 Å². The van der Waals surface area contributed by atoms with Gasteiger partial charge in [0.1, 0.15) is 16.9 Å². The first-order valence-electron chi connectivity index (χ1n) is 10.6. The Morgan fingerprint density at radius 1 is 1.33 bits per heavy atom. The Morgan fingerprint density at radius 2 is 2.23 bits per heavy atom. The number of fused-ring (bicyclic) bond motifs is 1. The Balaban J connectivity index is 1.73. The zero-order chi connectivity index (χ0) is 20.9. The molecule has 0 radical (unpaired) electrons. The molecule has 1 aliphatic heterocycles. The fourth-order valence-corrected chi connectivity index (χ4v) is 3.76. The van der Waals surface area contributed by atoms with Crippen molar-refractivity contribution in [1.82, 2.24) is 30.0 Å². The van der Waals surface area contributed by atoms with E-state index in [1.807, 2.05) is 23.7 Å². The van der Waals surface area contributed by atoms with Crippen LogP contribution in [-0.4, -0.2) is 57.6 Å². The summed E-state index contributed by atoms with van der Waals surface area (Å²) in [4.78, 5) is 14.1. The van der Waals surface area contributed by atoms with Crippen molar-refractivity contribution in [2.45, 2.75) is 45.7 Å². The van der Waals surface area contributed by atoms with E-state index in [4.69, 9.17) is 19.8 Å². The molecule has 1 aliphatic rings. The van der Waals surface area contributed by atoms with E-state index in [-0.39, 0.29) is 0 Å². The minimum atomic E-state index is 0.453. The molecule has 3 aromatic heterocycles. The van der Waals surface area contributed by atoms with Gasteiger partial charge in [-0.2, -0.15) is 10.1 Å². The molecule has 1 saturated heterocycles. The SMILES string of the molecule is CCc1nn(CCOC)c2c(Nc3cc(C)ccn3)nc(NC[C@@H]3CCCN3)nc12. The topological polar surface area (TPSA) is 102 Å². The second-order valence-corrected chi connectivity index (χ2v) is 7.63. The summed E-state index contributed by atoms with van der Waals surface area (Å²) in [5.74, 6) is 2.05. The molecule has 0 aromatic carbocycles. The van der Waals surface area contributed by atoms with Gasteiger partial charge in [0.25, 0.3) is 0 Å². The van der Waals surface area contributed by atoms with Crippen molar-refractivity contribution < 1.29 is 4.74 Å². The lowest BCUT2D eigenvalue weighted by Gasteiger charge is -2.14. The molecule has 30 heavy (non-hydrogen) atoms. The minimum Gasteiger partial charge on any atom is -0.383 e. The molecule has 0 spiro atoms. The molecule has 0 amide bonds. The number of aryl methyl sites for hydroxylation is 2. The van der Waals surface area contributed by atoms with Crippen LogP contribution in [0.2, 0.25) is 0 Å². The summed E-state index contributed by atoms with van der Waals surface area (Å²) in [7, 11) is 1.69. The molecule has 9 heteroatoms. The number of nitrogens with one attached hydrogen (secondary N) is 3. The van der Waals surface area contributed by atoms with Gasteiger partial charge in [-0.05, 0) is 50.4 Å². The first kappa shape index (κ1) is 20.5. The Labute approximate surface area is 176 Å². The molecule has 9 nitrogen and oxygen atoms in total. The summed E-state index contributed by atoms with van der Waals surface area (Å²) < 4.78 is 7.21. The van der Waals surface area contributed by atoms with Crippen molar-refractivity contribution in [1.29, 1.82) is 0 Å². The van der Waals surface area contributed by atoms with Gasteiger partial charge in [0.15, 0.2) is 5.82 Å². The highest BCUT2D eigenvalue weighted by atomic mass is 16.5. The van der Waals surface area contributed by atoms with Crippen molar-refractivity contribution >= 4 is 28.6 Å². The molecular weight excluding hydrogens is 380 g/mol. The van der Waals surface area contributed by atoms with E-state index in [1.54, 1.807) is 13.3 Å². The molecule has 0 saturated carbocycles. The second kappa shape index (κ2) is 9.36. The van der Waals surface area contributed by atoms with Gasteiger partial charge < -0.3 is 20.7 Å². The van der Waals surface area contributed by atoms with E-state index in [1.165, 1.54) is 12.8 Å². The predicted octanol–water partition coefficient (Wildman–Crippen LogP) is 2.65. The van der Waals surface area contributed by atoms with Crippen LogP contribution >= 0.6 is 0 Å². The number of hydrogen-bond acceptors (Lipinski definition) is 8. The lowest BCUT2D eigenvalue weighted by molar-refractivity contribution is 0.184. The number of nitrogens with zero attached hydrogens (tertiary/aromatic N) is 5. The average molecular weight is 411 g/mol. The minimum absolute atomic E-state index is 0.453. The lowest BCUT2D eigenvalue weighted by Crippen LogP contribution is -2.29. The van der Waals surface area contributed by atoms with Gasteiger partial charge >= 0.3 is 0 Å². The summed E-state index contributed by atoms with van der Waals surface area (Å²) in [6.45, 7) is 7.20. The van der Waals surface area contributed by atoms with E-state index in [9.17, 15) is 0 Å². The number of pyridine rings is 1. The number of rotatable bonds is 9. The number of ether oxygens (including phenoxy) is 1. The van der Waals surface area contributed by atoms with Gasteiger partial charge in [-0.3, -0.25) is 4.68 Å². The molecule has 160 valence electrons. The van der Waals surface area contributed by atoms with Crippen LogP contribution in [0.3, 0.4) is 0 Å². The van der Waals surface area contributed by atoms with Crippen molar-refractivity contribution in [2.75, 3.05) is 37.4 Å². The second-order valence-electron chi connectivity index (χ2n) is 7.63. The van der Waals surface area contributed by atoms with Crippen LogP contribution in [0.1, 0.15) is 31.0 Å². The third-order valence-electron chi connectivity index (χ3n) is 5.33. The van der Waals surface area contributed by atoms with E-state index in [0.29, 0.717) is 31.0 Å². The van der Waals surface area contributed by atoms with Crippen LogP contribution < -0.4 is 16.0 Å². The Morgan fingerprint density at radius 3 is 2.97 bits per heavy atom. The largest absolute Gasteiger partial charge is 0.383 e. The molecule has 1 fully saturated rings. The third-order valence-corrected chi connectivity index (χ3v) is 5.33. The standard InChI is InChI=1S/C21H30N8O/c1-4-16-18-19(29(28-16)10-11-30-3)20(25-17-12-14(2)7-9-23-17)27-21(26-18)24-13-15-6-5-8-22-15/h7,9,12,15,22H,4-6,8,10-11,13H2,1-3H3,(H2,23,24,25,26,27)/t15-/m0/s1. The zero-order valence-corrected chi connectivity index (χ0v) is 17.9. The van der Waals surface area contributed by atoms with Gasteiger partial charge in [0.05, 0.1) is 18.8 Å². The molecule has 4 heterocycles. The summed E-state index contributed by atoms with van der Waals surface area (Å²) in [6, 6.07) is 4.43. The zero-order valence-electron chi connectivity index (χ0n) is 17.9. The molecule has 0 bridgehead atoms. The maximum atomic E-state index is 5.28. The first-order valence-corrected chi connectivity index (χ1v) is 10.6. The van der Waals surface area contributed by atoms with Crippen molar-refractivity contribution in [2.24, 2.45) is 0 Å². The summed E-state index contributed by atoms with van der Waals surface area (Å²) in [5.41, 5.74) is 3.81. The van der Waals surface area contributed by atoms with Gasteiger partial charge in [-0.25, -0.2) is 9.97 Å². The van der Waals surface area contributed by atoms with E-state index in [0.717, 1.165) is 47.6 Å². The van der Waals surface area contributed by atoms with Crippen molar-refractivity contribution in [3.63, 3.8) is 0 Å². The summed E-state index contributed by atoms with van der Waals surface area (Å²) in [6.07, 6.45) is 4.97. The van der Waals surface area contributed by atoms with Crippen molar-refractivity contribution in [3.05, 3.63) is 29.6 Å². The number of anilines is 3. The Bertz CT molecular complexity index is 996. The Kier molecular flexibility index (Phi) is 6.39. The number of aromatic nitrogens is 5. The maximum absolute atomic E-state index is 5.28. The van der Waals surface area contributed by atoms with Crippen LogP contribution in [0.25, 0.3) is 11.0 Å². The van der Waals surface area contributed by atoms with E-state index >= 15 is 0 Å². The van der Waals surface area contributed by atoms with Crippen LogP contribution in [0.15, 0.2) is 18.3 Å². The van der Waals surface area contributed by atoms with E-state index < -0.39 is 0 Å². The van der Waals surface area contributed by atoms with E-state index in [2.05, 4.69) is 27.9 Å². The molecular formula is C21H30N8O. The lowest BCUT2D eigenvalue weighted by atomic mass is 10.2. The average Bonchev–Trinajstić information content (AvgIpc) is 3.38. The summed E-state index contributed by atoms with van der Waals surface area (Å²) in [5, 5.41) is 15.1. The Hall–Kier alpha value is -2.78. The van der Waals surface area contributed by atoms with Gasteiger partial charge in [-0.15, -0.1) is 0 Å². The van der Waals surface area contributed by atoms with Crippen LogP contribution in [0.4, 0.5) is 17.6 Å². The molecule has 0 aliphatic carbocycles. The monoisotopic (exact) mass is 410 g/mol. The summed E-state index contributed by atoms with van der Waals surface area (Å²) >= 11 is 0. The molecule has 3 N–H and O–H groups in total. The quantitative estimate of drug-likeness (QED) is 0.495. The third kappa shape index (κ3) is 4.52. The maximum Gasteiger partial charge on any atom is 0.225 e. The van der Waals surface area contributed by atoms with Crippen molar-refractivity contribution in [3.8, 4) is 0 Å². The normalized spacial score (nSPS) is 16.3. The molecule has 1 atom stereocenters. The first-order chi connectivity index (χ1) is 14.7. The molecule has 4 rings (SSSR count). The molecule has 0 unspecified atom stereocenters. The highest BCUT2D eigenvalue weighted by Crippen LogP contribution is 2.28. The van der Waals surface area contributed by atoms with Crippen LogP contribution in [0.5, 0.6) is 0 Å². The smallest absolute Gasteiger partial charge is 0.225 e. The molecule has 3 aromatic rings. The fourth-order valence-electron chi connectivity index (χ4n) is 3.76. The highest BCUT2D eigenvalue weighted by molar-refractivity contribution is 5.90. The number of methoxy groups -OCH3 is 1. The highest BCUT2D eigenvalue weighted by Gasteiger charge is 2.20. The van der Waals surface area contributed by atoms with Crippen LogP contribution in [-0.2, 0) is 17.7 Å². The number of hydrogen-bond donors (Lipinski definition) is 3. The van der Waals surface area contributed by atoms with Gasteiger partial charge in [-0.1, -0.05) is 6.92 Å². The predicted molar refractivity (Wildman–Crippen MR) is 118 cm³/mol. The fraction of sp³-hybridized carbons (Fsp3) is 0.524. The van der Waals surface area contributed by atoms with Gasteiger partial charge in [0, 0.05) is 25.9 Å². The van der Waals surface area contributed by atoms with Gasteiger partial charge in [0.2, 0.25) is 5.95 Å².